The van der Waals surface area contributed by atoms with E-state index in [1.807, 2.05) is 42.5 Å². The van der Waals surface area contributed by atoms with Crippen LogP contribution in [0.3, 0.4) is 0 Å². The molecule has 0 aliphatic carbocycles. The molecule has 0 aromatic heterocycles. The Morgan fingerprint density at radius 3 is 2.77 bits per heavy atom. The van der Waals surface area contributed by atoms with Gasteiger partial charge in [0.25, 0.3) is 0 Å². The fourth-order valence-electron chi connectivity index (χ4n) is 3.03. The molecule has 1 amide bonds. The van der Waals surface area contributed by atoms with Gasteiger partial charge >= 0.3 is 7.32 Å². The third kappa shape index (κ3) is 4.77. The number of fused-ring (bicyclic) bond motifs is 1. The summed E-state index contributed by atoms with van der Waals surface area (Å²) in [6.07, 6.45) is -0.373. The van der Waals surface area contributed by atoms with E-state index in [9.17, 15) is 4.79 Å². The van der Waals surface area contributed by atoms with Crippen molar-refractivity contribution in [2.75, 3.05) is 6.61 Å². The molecule has 0 radical (unpaired) electrons. The quantitative estimate of drug-likeness (QED) is 0.508. The van der Waals surface area contributed by atoms with Crippen molar-refractivity contribution in [3.8, 4) is 5.75 Å². The van der Waals surface area contributed by atoms with Gasteiger partial charge in [-0.3, -0.25) is 4.79 Å². The largest absolute Gasteiger partial charge is 0.635 e. The fraction of sp³-hybridized carbons (Fsp3) is 0.278. The van der Waals surface area contributed by atoms with Gasteiger partial charge in [-0.1, -0.05) is 54.1 Å². The summed E-state index contributed by atoms with van der Waals surface area (Å²) in [4.78, 5) is 12.3. The maximum atomic E-state index is 12.3. The Bertz CT molecular complexity index is 759. The number of rotatable bonds is 7. The van der Waals surface area contributed by atoms with E-state index in [0.717, 1.165) is 11.1 Å². The van der Waals surface area contributed by atoms with Crippen LogP contribution in [0.25, 0.3) is 0 Å². The van der Waals surface area contributed by atoms with E-state index in [0.29, 0.717) is 23.8 Å². The Labute approximate surface area is 156 Å². The van der Waals surface area contributed by atoms with Gasteiger partial charge in [0, 0.05) is 17.9 Å². The van der Waals surface area contributed by atoms with E-state index in [1.165, 1.54) is 0 Å². The Hall–Kier alpha value is -2.06. The molecule has 6 nitrogen and oxygen atoms in total. The summed E-state index contributed by atoms with van der Waals surface area (Å²) < 4.78 is 10.7. The van der Waals surface area contributed by atoms with Gasteiger partial charge in [0.1, 0.15) is 12.0 Å². The normalized spacial score (nSPS) is 16.5. The molecular formula is C18H19BClNO5. The van der Waals surface area contributed by atoms with Crippen LogP contribution in [-0.2, 0) is 15.9 Å². The lowest BCUT2D eigenvalue weighted by Gasteiger charge is -2.22. The number of hydrogen-bond acceptors (Lipinski definition) is 5. The van der Waals surface area contributed by atoms with Gasteiger partial charge in [-0.25, -0.2) is 0 Å². The molecule has 0 saturated heterocycles. The van der Waals surface area contributed by atoms with Crippen LogP contribution in [0.2, 0.25) is 5.02 Å². The molecular weight excluding hydrogens is 356 g/mol. The molecule has 0 spiro atoms. The molecule has 26 heavy (non-hydrogen) atoms. The van der Waals surface area contributed by atoms with Crippen LogP contribution in [0, 0.1) is 0 Å². The molecule has 1 aliphatic heterocycles. The van der Waals surface area contributed by atoms with Crippen molar-refractivity contribution in [1.82, 2.24) is 5.32 Å². The summed E-state index contributed by atoms with van der Waals surface area (Å²) in [5.41, 5.74) is 1.77. The van der Waals surface area contributed by atoms with Crippen molar-refractivity contribution in [2.45, 2.75) is 25.0 Å². The summed E-state index contributed by atoms with van der Waals surface area (Å²) in [7, 11) is -1.99. The number of carbonyl (C=O) groups is 1. The van der Waals surface area contributed by atoms with Gasteiger partial charge in [0.2, 0.25) is 5.91 Å². The number of para-hydroxylation sites is 1. The fourth-order valence-corrected chi connectivity index (χ4v) is 3.27. The molecule has 0 unspecified atom stereocenters. The smallest absolute Gasteiger partial charge is 0.491 e. The Morgan fingerprint density at radius 1 is 1.27 bits per heavy atom. The van der Waals surface area contributed by atoms with E-state index >= 15 is 0 Å². The minimum Gasteiger partial charge on any atom is -0.491 e. The van der Waals surface area contributed by atoms with Gasteiger partial charge in [-0.2, -0.15) is 0 Å². The number of benzene rings is 2. The molecule has 3 rings (SSSR count). The van der Waals surface area contributed by atoms with Crippen LogP contribution in [0.5, 0.6) is 5.75 Å². The van der Waals surface area contributed by atoms with Crippen molar-refractivity contribution in [1.29, 1.82) is 0 Å². The highest BCUT2D eigenvalue weighted by Gasteiger charge is 2.31. The Balaban J connectivity index is 1.66. The Kier molecular flexibility index (Phi) is 6.16. The molecule has 0 fully saturated rings. The summed E-state index contributed by atoms with van der Waals surface area (Å²) in [5, 5.41) is 21.6. The van der Waals surface area contributed by atoms with Crippen LogP contribution in [0.4, 0.5) is 0 Å². The second kappa shape index (κ2) is 8.55. The minimum absolute atomic E-state index is 0.0792. The predicted octanol–water partition coefficient (Wildman–Crippen LogP) is 1.88. The van der Waals surface area contributed by atoms with E-state index in [-0.39, 0.29) is 18.2 Å². The van der Waals surface area contributed by atoms with E-state index < -0.39 is 13.5 Å². The summed E-state index contributed by atoms with van der Waals surface area (Å²) >= 11 is 6.12. The third-order valence-corrected chi connectivity index (χ3v) is 4.48. The average molecular weight is 376 g/mol. The van der Waals surface area contributed by atoms with Crippen molar-refractivity contribution in [2.24, 2.45) is 0 Å². The Morgan fingerprint density at radius 2 is 2.04 bits per heavy atom. The molecule has 8 heteroatoms. The third-order valence-electron chi connectivity index (χ3n) is 4.18. The van der Waals surface area contributed by atoms with E-state index in [4.69, 9.17) is 31.0 Å². The van der Waals surface area contributed by atoms with Crippen LogP contribution in [0.15, 0.2) is 48.5 Å². The monoisotopic (exact) mass is 375 g/mol. The van der Waals surface area contributed by atoms with Crippen LogP contribution >= 0.6 is 11.6 Å². The molecule has 136 valence electrons. The predicted molar refractivity (Wildman–Crippen MR) is 97.7 cm³/mol. The van der Waals surface area contributed by atoms with Crippen LogP contribution in [-0.4, -0.2) is 36.1 Å². The number of halogens is 1. The minimum atomic E-state index is -1.99. The van der Waals surface area contributed by atoms with Gasteiger partial charge < -0.3 is 24.8 Å². The first-order chi connectivity index (χ1) is 12.5. The number of hydrogen-bond donors (Lipinski definition) is 3. The van der Waals surface area contributed by atoms with Gasteiger partial charge in [-0.05, 0) is 11.6 Å². The van der Waals surface area contributed by atoms with Crippen molar-refractivity contribution < 1.29 is 24.2 Å². The van der Waals surface area contributed by atoms with Gasteiger partial charge in [-0.15, -0.1) is 0 Å². The molecule has 0 saturated carbocycles. The van der Waals surface area contributed by atoms with Gasteiger partial charge in [0.05, 0.1) is 18.1 Å². The molecule has 1 aliphatic rings. The molecule has 2 atom stereocenters. The highest BCUT2D eigenvalue weighted by Crippen LogP contribution is 2.41. The average Bonchev–Trinajstić information content (AvgIpc) is 2.99. The first kappa shape index (κ1) is 18.7. The standard InChI is InChI=1S/C18H19BClNO5/c20-15-8-4-7-14-13(11-25-18(14)15)10-17(26-19(23)24)21-16(22)9-12-5-2-1-3-6-12/h1-8,13,17,23-24H,9-11H2,(H,21,22)/t13-,17-/m1/s1. The SMILES string of the molecule is O=C(Cc1ccccc1)N[C@@H](C[C@@H]1COc2c(Cl)cccc21)OB(O)O. The first-order valence-electron chi connectivity index (χ1n) is 8.29. The lowest BCUT2D eigenvalue weighted by atomic mass is 9.96. The number of amides is 1. The van der Waals surface area contributed by atoms with Crippen molar-refractivity contribution in [3.63, 3.8) is 0 Å². The number of nitrogens with one attached hydrogen (secondary N) is 1. The zero-order valence-electron chi connectivity index (χ0n) is 14.0. The molecule has 2 aromatic carbocycles. The number of carbonyl (C=O) groups excluding carboxylic acids is 1. The maximum Gasteiger partial charge on any atom is 0.635 e. The lowest BCUT2D eigenvalue weighted by molar-refractivity contribution is -0.123. The molecule has 0 bridgehead atoms. The summed E-state index contributed by atoms with van der Waals surface area (Å²) in [6.45, 7) is 0.384. The van der Waals surface area contributed by atoms with Crippen molar-refractivity contribution >= 4 is 24.8 Å². The van der Waals surface area contributed by atoms with Crippen LogP contribution in [0.1, 0.15) is 23.5 Å². The number of ether oxygens (including phenoxy) is 1. The zero-order valence-corrected chi connectivity index (χ0v) is 14.7. The molecule has 3 N–H and O–H groups in total. The van der Waals surface area contributed by atoms with Crippen molar-refractivity contribution in [3.05, 3.63) is 64.7 Å². The summed E-state index contributed by atoms with van der Waals surface area (Å²) in [6, 6.07) is 14.7. The highest BCUT2D eigenvalue weighted by atomic mass is 35.5. The van der Waals surface area contributed by atoms with Crippen LogP contribution < -0.4 is 10.1 Å². The molecule has 2 aromatic rings. The highest BCUT2D eigenvalue weighted by molar-refractivity contribution is 6.32. The van der Waals surface area contributed by atoms with E-state index in [2.05, 4.69) is 5.32 Å². The maximum absolute atomic E-state index is 12.3. The van der Waals surface area contributed by atoms with E-state index in [1.54, 1.807) is 6.07 Å². The second-order valence-electron chi connectivity index (χ2n) is 6.08. The topological polar surface area (TPSA) is 88.0 Å². The zero-order chi connectivity index (χ0) is 18.5. The first-order valence-corrected chi connectivity index (χ1v) is 8.67. The van der Waals surface area contributed by atoms with Gasteiger partial charge in [0.15, 0.2) is 0 Å². The second-order valence-corrected chi connectivity index (χ2v) is 6.49. The lowest BCUT2D eigenvalue weighted by Crippen LogP contribution is -2.42. The molecule has 1 heterocycles. The summed E-state index contributed by atoms with van der Waals surface area (Å²) in [5.74, 6) is 0.273.